The number of nitrogens with zero attached hydrogens (tertiary/aromatic N) is 2. The van der Waals surface area contributed by atoms with Crippen LogP contribution in [0.4, 0.5) is 4.79 Å². The van der Waals surface area contributed by atoms with Crippen molar-refractivity contribution in [3.8, 4) is 11.3 Å². The molecule has 0 saturated carbocycles. The maximum atomic E-state index is 12.0. The Hall–Kier alpha value is -1.79. The molecule has 2 heterocycles. The highest BCUT2D eigenvalue weighted by Crippen LogP contribution is 2.31. The number of aromatic nitrogens is 1. The molecule has 132 valence electrons. The van der Waals surface area contributed by atoms with Crippen molar-refractivity contribution in [2.45, 2.75) is 24.1 Å². The molecule has 1 aliphatic heterocycles. The van der Waals surface area contributed by atoms with E-state index in [1.165, 1.54) is 0 Å². The van der Waals surface area contributed by atoms with Gasteiger partial charge in [-0.25, -0.2) is 9.78 Å². The molecule has 1 aromatic heterocycles. The number of amides is 1. The van der Waals surface area contributed by atoms with Crippen LogP contribution >= 0.6 is 23.1 Å². The van der Waals surface area contributed by atoms with Crippen LogP contribution in [0.2, 0.25) is 0 Å². The zero-order valence-electron chi connectivity index (χ0n) is 14.3. The summed E-state index contributed by atoms with van der Waals surface area (Å²) in [6.07, 6.45) is 1.88. The third kappa shape index (κ3) is 5.09. The van der Waals surface area contributed by atoms with E-state index in [0.717, 1.165) is 47.3 Å². The van der Waals surface area contributed by atoms with Gasteiger partial charge in [-0.2, -0.15) is 0 Å². The second-order valence-electron chi connectivity index (χ2n) is 6.20. The average Bonchev–Trinajstić information content (AvgIpc) is 3.09. The van der Waals surface area contributed by atoms with E-state index in [-0.39, 0.29) is 6.09 Å². The average molecular weight is 375 g/mol. The van der Waals surface area contributed by atoms with Gasteiger partial charge in [0.2, 0.25) is 0 Å². The second-order valence-corrected chi connectivity index (χ2v) is 8.33. The monoisotopic (exact) mass is 374 g/mol. The number of thioether (sulfide) groups is 1. The number of hydrogen-bond acceptors (Lipinski definition) is 5. The van der Waals surface area contributed by atoms with Gasteiger partial charge in [0.1, 0.15) is 0 Å². The zero-order chi connectivity index (χ0) is 17.6. The third-order valence-electron chi connectivity index (χ3n) is 4.03. The molecule has 0 bridgehead atoms. The highest BCUT2D eigenvalue weighted by Gasteiger charge is 2.25. The summed E-state index contributed by atoms with van der Waals surface area (Å²) in [5, 5.41) is 2.11. The van der Waals surface area contributed by atoms with Gasteiger partial charge in [0, 0.05) is 29.8 Å². The van der Waals surface area contributed by atoms with Crippen LogP contribution in [0.5, 0.6) is 0 Å². The van der Waals surface area contributed by atoms with Gasteiger partial charge in [-0.15, -0.1) is 11.3 Å². The Balaban J connectivity index is 1.52. The number of carbonyl (C=O) groups excluding carboxylic acids is 1. The van der Waals surface area contributed by atoms with Crippen molar-refractivity contribution in [3.63, 3.8) is 0 Å². The van der Waals surface area contributed by atoms with Crippen molar-refractivity contribution in [1.82, 2.24) is 9.88 Å². The maximum Gasteiger partial charge on any atom is 0.414 e. The fourth-order valence-corrected chi connectivity index (χ4v) is 4.82. The van der Waals surface area contributed by atoms with Gasteiger partial charge in [0.05, 0.1) is 11.5 Å². The summed E-state index contributed by atoms with van der Waals surface area (Å²) in [5.74, 6) is 1.89. The Morgan fingerprint density at radius 1 is 1.44 bits per heavy atom. The first-order valence-electron chi connectivity index (χ1n) is 8.38. The lowest BCUT2D eigenvalue weighted by Gasteiger charge is -2.31. The fourth-order valence-electron chi connectivity index (χ4n) is 2.83. The molecule has 0 N–H and O–H groups in total. The van der Waals surface area contributed by atoms with E-state index in [0.29, 0.717) is 11.7 Å². The molecule has 1 unspecified atom stereocenters. The van der Waals surface area contributed by atoms with Crippen LogP contribution < -0.4 is 0 Å². The number of ether oxygens (including phenoxy) is 1. The van der Waals surface area contributed by atoms with Crippen LogP contribution in [-0.4, -0.2) is 34.8 Å². The summed E-state index contributed by atoms with van der Waals surface area (Å²) in [6, 6.07) is 10.2. The first kappa shape index (κ1) is 18.0. The predicted octanol–water partition coefficient (Wildman–Crippen LogP) is 5.28. The SMILES string of the molecule is C=C(C)OC(=O)N1CCCC(CSc2nc(-c3ccccc3)cs2)C1. The molecule has 4 nitrogen and oxygen atoms in total. The first-order chi connectivity index (χ1) is 12.1. The number of thiazole rings is 1. The largest absolute Gasteiger partial charge is 0.416 e. The Bertz CT molecular complexity index is 730. The Kier molecular flexibility index (Phi) is 6.15. The van der Waals surface area contributed by atoms with E-state index >= 15 is 0 Å². The summed E-state index contributed by atoms with van der Waals surface area (Å²) in [4.78, 5) is 18.5. The number of likely N-dealkylation sites (tertiary alicyclic amines) is 1. The minimum atomic E-state index is -0.275. The standard InChI is InChI=1S/C19H22N2O2S2/c1-14(2)23-19(22)21-10-6-7-15(11-21)12-24-18-20-17(13-25-18)16-8-4-3-5-9-16/h3-5,8-9,13,15H,1,6-7,10-12H2,2H3. The van der Waals surface area contributed by atoms with Crippen molar-refractivity contribution in [2.24, 2.45) is 5.92 Å². The zero-order valence-corrected chi connectivity index (χ0v) is 15.9. The molecule has 3 rings (SSSR count). The van der Waals surface area contributed by atoms with Gasteiger partial charge < -0.3 is 9.64 Å². The van der Waals surface area contributed by atoms with Gasteiger partial charge in [0.25, 0.3) is 0 Å². The summed E-state index contributed by atoms with van der Waals surface area (Å²) < 4.78 is 6.21. The molecule has 0 aliphatic carbocycles. The molecule has 1 aliphatic rings. The highest BCUT2D eigenvalue weighted by atomic mass is 32.2. The van der Waals surface area contributed by atoms with Crippen molar-refractivity contribution in [2.75, 3.05) is 18.8 Å². The first-order valence-corrected chi connectivity index (χ1v) is 10.2. The van der Waals surface area contributed by atoms with Gasteiger partial charge in [0.15, 0.2) is 4.34 Å². The van der Waals surface area contributed by atoms with E-state index in [2.05, 4.69) is 24.1 Å². The van der Waals surface area contributed by atoms with E-state index in [1.54, 1.807) is 34.9 Å². The number of allylic oxidation sites excluding steroid dienone is 1. The lowest BCUT2D eigenvalue weighted by atomic mass is 10.0. The second kappa shape index (κ2) is 8.54. The van der Waals surface area contributed by atoms with Crippen molar-refractivity contribution in [3.05, 3.63) is 48.0 Å². The number of hydrogen-bond donors (Lipinski definition) is 0. The minimum Gasteiger partial charge on any atom is -0.416 e. The number of rotatable bonds is 5. The van der Waals surface area contributed by atoms with Crippen LogP contribution in [0, 0.1) is 5.92 Å². The van der Waals surface area contributed by atoms with Gasteiger partial charge in [-0.3, -0.25) is 0 Å². The van der Waals surface area contributed by atoms with Crippen molar-refractivity contribution >= 4 is 29.2 Å². The number of benzene rings is 1. The molecular formula is C19H22N2O2S2. The molecule has 1 fully saturated rings. The molecule has 25 heavy (non-hydrogen) atoms. The van der Waals surface area contributed by atoms with E-state index in [9.17, 15) is 4.79 Å². The topological polar surface area (TPSA) is 42.4 Å². The van der Waals surface area contributed by atoms with Crippen LogP contribution in [0.25, 0.3) is 11.3 Å². The number of piperidine rings is 1. The van der Waals surface area contributed by atoms with Gasteiger partial charge in [-0.1, -0.05) is 48.7 Å². The molecule has 1 atom stereocenters. The Morgan fingerprint density at radius 3 is 3.00 bits per heavy atom. The molecule has 6 heteroatoms. The molecule has 2 aromatic rings. The molecule has 1 saturated heterocycles. The van der Waals surface area contributed by atoms with E-state index in [4.69, 9.17) is 9.72 Å². The lowest BCUT2D eigenvalue weighted by Crippen LogP contribution is -2.40. The number of carbonyl (C=O) groups is 1. The summed E-state index contributed by atoms with van der Waals surface area (Å²) in [7, 11) is 0. The van der Waals surface area contributed by atoms with Crippen LogP contribution in [0.1, 0.15) is 19.8 Å². The molecule has 0 spiro atoms. The Morgan fingerprint density at radius 2 is 2.24 bits per heavy atom. The molecule has 0 radical (unpaired) electrons. The summed E-state index contributed by atoms with van der Waals surface area (Å²) in [6.45, 7) is 6.84. The fraction of sp³-hybridized carbons (Fsp3) is 0.368. The van der Waals surface area contributed by atoms with Crippen molar-refractivity contribution in [1.29, 1.82) is 0 Å². The quantitative estimate of drug-likeness (QED) is 0.527. The normalized spacial score (nSPS) is 17.3. The summed E-state index contributed by atoms with van der Waals surface area (Å²) >= 11 is 3.46. The van der Waals surface area contributed by atoms with Gasteiger partial charge >= 0.3 is 6.09 Å². The Labute approximate surface area is 156 Å². The van der Waals surface area contributed by atoms with Crippen LogP contribution in [0.15, 0.2) is 52.4 Å². The van der Waals surface area contributed by atoms with E-state index in [1.807, 2.05) is 18.2 Å². The van der Waals surface area contributed by atoms with Crippen LogP contribution in [-0.2, 0) is 4.74 Å². The smallest absolute Gasteiger partial charge is 0.414 e. The lowest BCUT2D eigenvalue weighted by molar-refractivity contribution is 0.110. The highest BCUT2D eigenvalue weighted by molar-refractivity contribution is 8.01. The van der Waals surface area contributed by atoms with Crippen LogP contribution in [0.3, 0.4) is 0 Å². The summed E-state index contributed by atoms with van der Waals surface area (Å²) in [5.41, 5.74) is 2.18. The van der Waals surface area contributed by atoms with E-state index < -0.39 is 0 Å². The molecular weight excluding hydrogens is 352 g/mol. The third-order valence-corrected chi connectivity index (χ3v) is 6.29. The maximum absolute atomic E-state index is 12.0. The van der Waals surface area contributed by atoms with Gasteiger partial charge in [-0.05, 0) is 25.7 Å². The van der Waals surface area contributed by atoms with Crippen molar-refractivity contribution < 1.29 is 9.53 Å². The predicted molar refractivity (Wildman–Crippen MR) is 104 cm³/mol. The minimum absolute atomic E-state index is 0.275. The molecule has 1 amide bonds. The molecule has 1 aromatic carbocycles.